The summed E-state index contributed by atoms with van der Waals surface area (Å²) in [4.78, 5) is 14.1. The minimum atomic E-state index is 0.0176. The number of benzene rings is 8. The van der Waals surface area contributed by atoms with E-state index in [9.17, 15) is 4.79 Å². The van der Waals surface area contributed by atoms with E-state index in [1.54, 1.807) is 0 Å². The SMILES string of the molecule is C=C/C=C(\C=C)n1c2ccccc2c2cc(-c3ccc4c(c3)c3ccccc3n4-c3cccc(-c4ccc5c(=O)n6c7ccccc7c7cccc(c5c4)c76)c3)ccc21. The summed E-state index contributed by atoms with van der Waals surface area (Å²) in [6.07, 6.45) is 5.70. The van der Waals surface area contributed by atoms with Gasteiger partial charge in [0.2, 0.25) is 0 Å². The predicted molar refractivity (Wildman–Crippen MR) is 250 cm³/mol. The Balaban J connectivity index is 1.00. The molecule has 0 bridgehead atoms. The molecule has 0 atom stereocenters. The number of nitrogens with zero attached hydrogens (tertiary/aromatic N) is 3. The van der Waals surface area contributed by atoms with Gasteiger partial charge in [-0.15, -0.1) is 0 Å². The molecule has 12 aromatic rings. The van der Waals surface area contributed by atoms with Crippen molar-refractivity contribution in [2.45, 2.75) is 0 Å². The Morgan fingerprint density at radius 3 is 1.66 bits per heavy atom. The highest BCUT2D eigenvalue weighted by Gasteiger charge is 2.19. The van der Waals surface area contributed by atoms with Crippen LogP contribution >= 0.6 is 0 Å². The monoisotopic (exact) mass is 753 g/mol. The molecule has 4 heteroatoms. The second kappa shape index (κ2) is 12.5. The lowest BCUT2D eigenvalue weighted by Gasteiger charge is -2.12. The number of allylic oxidation sites excluding steroid dienone is 4. The molecule has 0 fully saturated rings. The van der Waals surface area contributed by atoms with Crippen molar-refractivity contribution < 1.29 is 0 Å². The van der Waals surface area contributed by atoms with Crippen LogP contribution in [0.3, 0.4) is 0 Å². The van der Waals surface area contributed by atoms with Crippen molar-refractivity contribution in [3.8, 4) is 27.9 Å². The highest BCUT2D eigenvalue weighted by molar-refractivity contribution is 6.20. The van der Waals surface area contributed by atoms with Gasteiger partial charge in [-0.1, -0.05) is 122 Å². The van der Waals surface area contributed by atoms with Crippen LogP contribution in [-0.4, -0.2) is 13.5 Å². The second-order valence-corrected chi connectivity index (χ2v) is 15.4. The normalized spacial score (nSPS) is 12.4. The lowest BCUT2D eigenvalue weighted by Crippen LogP contribution is -2.12. The van der Waals surface area contributed by atoms with E-state index < -0.39 is 0 Å². The van der Waals surface area contributed by atoms with E-state index in [0.717, 1.165) is 93.7 Å². The molecule has 0 saturated heterocycles. The average molecular weight is 754 g/mol. The third-order valence-electron chi connectivity index (χ3n) is 12.3. The van der Waals surface area contributed by atoms with E-state index in [2.05, 4.69) is 168 Å². The largest absolute Gasteiger partial charge is 0.309 e. The van der Waals surface area contributed by atoms with Gasteiger partial charge in [0.25, 0.3) is 5.56 Å². The molecule has 0 unspecified atom stereocenters. The quantitative estimate of drug-likeness (QED) is 0.123. The zero-order valence-electron chi connectivity index (χ0n) is 32.1. The van der Waals surface area contributed by atoms with Crippen molar-refractivity contribution in [1.29, 1.82) is 0 Å². The Bertz CT molecular complexity index is 3850. The Labute approximate surface area is 339 Å². The molecule has 59 heavy (non-hydrogen) atoms. The van der Waals surface area contributed by atoms with Gasteiger partial charge in [0, 0.05) is 54.5 Å². The molecule has 0 N–H and O–H groups in total. The molecule has 4 aromatic heterocycles. The maximum atomic E-state index is 14.1. The van der Waals surface area contributed by atoms with Crippen LogP contribution in [0.1, 0.15) is 0 Å². The van der Waals surface area contributed by atoms with Crippen LogP contribution in [0.15, 0.2) is 206 Å². The van der Waals surface area contributed by atoms with Gasteiger partial charge in [-0.05, 0) is 107 Å². The van der Waals surface area contributed by atoms with Gasteiger partial charge in [-0.25, -0.2) is 0 Å². The number of para-hydroxylation sites is 4. The number of hydrogen-bond acceptors (Lipinski definition) is 1. The molecule has 4 nitrogen and oxygen atoms in total. The minimum absolute atomic E-state index is 0.0176. The third kappa shape index (κ3) is 4.69. The van der Waals surface area contributed by atoms with Crippen molar-refractivity contribution in [2.75, 3.05) is 0 Å². The minimum Gasteiger partial charge on any atom is -0.309 e. The third-order valence-corrected chi connectivity index (χ3v) is 12.3. The van der Waals surface area contributed by atoms with E-state index in [1.807, 2.05) is 46.9 Å². The lowest BCUT2D eigenvalue weighted by atomic mass is 9.98. The number of hydrogen-bond donors (Lipinski definition) is 0. The van der Waals surface area contributed by atoms with Crippen molar-refractivity contribution in [2.24, 2.45) is 0 Å². The van der Waals surface area contributed by atoms with Gasteiger partial charge in [0.15, 0.2) is 0 Å². The number of rotatable bonds is 6. The van der Waals surface area contributed by atoms with Crippen LogP contribution < -0.4 is 5.56 Å². The van der Waals surface area contributed by atoms with E-state index >= 15 is 0 Å². The summed E-state index contributed by atoms with van der Waals surface area (Å²) in [6, 6.07) is 60.4. The van der Waals surface area contributed by atoms with Crippen LogP contribution in [0.4, 0.5) is 0 Å². The summed E-state index contributed by atoms with van der Waals surface area (Å²) < 4.78 is 6.53. The zero-order valence-corrected chi connectivity index (χ0v) is 32.1. The Morgan fingerprint density at radius 1 is 0.424 bits per heavy atom. The highest BCUT2D eigenvalue weighted by atomic mass is 16.1. The number of fused-ring (bicyclic) bond motifs is 11. The van der Waals surface area contributed by atoms with Gasteiger partial charge in [-0.2, -0.15) is 0 Å². The van der Waals surface area contributed by atoms with E-state index in [-0.39, 0.29) is 5.56 Å². The summed E-state index contributed by atoms with van der Waals surface area (Å²) in [6.45, 7) is 8.04. The van der Waals surface area contributed by atoms with Crippen molar-refractivity contribution in [3.63, 3.8) is 0 Å². The van der Waals surface area contributed by atoms with Crippen molar-refractivity contribution in [3.05, 3.63) is 212 Å². The van der Waals surface area contributed by atoms with Gasteiger partial charge >= 0.3 is 0 Å². The van der Waals surface area contributed by atoms with Crippen molar-refractivity contribution >= 4 is 87.3 Å². The molecule has 0 spiro atoms. The summed E-state index contributed by atoms with van der Waals surface area (Å²) in [5.74, 6) is 0. The highest BCUT2D eigenvalue weighted by Crippen LogP contribution is 2.40. The molecule has 276 valence electrons. The first-order valence-electron chi connectivity index (χ1n) is 20.0. The van der Waals surface area contributed by atoms with Gasteiger partial charge < -0.3 is 9.13 Å². The van der Waals surface area contributed by atoms with E-state index in [4.69, 9.17) is 0 Å². The molecular formula is C55H35N3O. The molecular weight excluding hydrogens is 719 g/mol. The summed E-state index contributed by atoms with van der Waals surface area (Å²) in [5, 5.41) is 9.77. The molecule has 0 radical (unpaired) electrons. The van der Waals surface area contributed by atoms with Crippen molar-refractivity contribution in [1.82, 2.24) is 13.5 Å². The Kier molecular flexibility index (Phi) is 7.05. The average Bonchev–Trinajstić information content (AvgIpc) is 3.93. The Hall–Kier alpha value is -7.95. The standard InChI is InChI=1S/C55H35N3O/c1-3-13-38(4-2)56-49-21-8-6-17-41(49)47-32-36(25-28-52(47)56)37-26-29-53-48(33-37)42-18-7-9-22-50(42)57(53)39-15-11-14-34(30-39)35-24-27-45-46(31-35)44-20-12-19-43-40-16-5-10-23-51(40)58(54(43)44)55(45)59/h3-33H,1-2H2/b38-13+. The first kappa shape index (κ1) is 33.2. The fourth-order valence-electron chi connectivity index (χ4n) is 9.74. The molecule has 0 aliphatic rings. The fourth-order valence-corrected chi connectivity index (χ4v) is 9.74. The lowest BCUT2D eigenvalue weighted by molar-refractivity contribution is 1.18. The topological polar surface area (TPSA) is 31.3 Å². The van der Waals surface area contributed by atoms with Crippen LogP contribution in [0, 0.1) is 0 Å². The summed E-state index contributed by atoms with van der Waals surface area (Å²) in [7, 11) is 0. The van der Waals surface area contributed by atoms with Crippen LogP contribution in [0.25, 0.3) is 115 Å². The van der Waals surface area contributed by atoms with Gasteiger partial charge in [-0.3, -0.25) is 9.20 Å². The number of pyridine rings is 1. The first-order valence-corrected chi connectivity index (χ1v) is 20.0. The smallest absolute Gasteiger partial charge is 0.263 e. The maximum absolute atomic E-state index is 14.1. The molecule has 0 amide bonds. The molecule has 0 saturated carbocycles. The predicted octanol–water partition coefficient (Wildman–Crippen LogP) is 13.9. The van der Waals surface area contributed by atoms with Crippen LogP contribution in [-0.2, 0) is 0 Å². The molecule has 8 aromatic carbocycles. The molecule has 0 aliphatic carbocycles. The summed E-state index contributed by atoms with van der Waals surface area (Å²) in [5.41, 5.74) is 13.1. The molecule has 4 heterocycles. The zero-order chi connectivity index (χ0) is 39.4. The Morgan fingerprint density at radius 2 is 0.932 bits per heavy atom. The van der Waals surface area contributed by atoms with E-state index in [1.165, 1.54) is 21.5 Å². The maximum Gasteiger partial charge on any atom is 0.263 e. The summed E-state index contributed by atoms with van der Waals surface area (Å²) >= 11 is 0. The van der Waals surface area contributed by atoms with E-state index in [0.29, 0.717) is 0 Å². The molecule has 0 aliphatic heterocycles. The van der Waals surface area contributed by atoms with Gasteiger partial charge in [0.1, 0.15) is 0 Å². The number of aromatic nitrogens is 3. The van der Waals surface area contributed by atoms with Gasteiger partial charge in [0.05, 0.1) is 33.1 Å². The van der Waals surface area contributed by atoms with Crippen LogP contribution in [0.5, 0.6) is 0 Å². The van der Waals surface area contributed by atoms with Crippen LogP contribution in [0.2, 0.25) is 0 Å². The second-order valence-electron chi connectivity index (χ2n) is 15.4. The first-order chi connectivity index (χ1) is 29.1. The fraction of sp³-hybridized carbons (Fsp3) is 0. The molecule has 12 rings (SSSR count).